The van der Waals surface area contributed by atoms with Gasteiger partial charge in [-0.05, 0) is 13.8 Å². The summed E-state index contributed by atoms with van der Waals surface area (Å²) in [4.78, 5) is 4.25. The highest BCUT2D eigenvalue weighted by Gasteiger charge is 2.12. The molecule has 3 nitrogen and oxygen atoms in total. The van der Waals surface area contributed by atoms with Gasteiger partial charge >= 0.3 is 0 Å². The minimum atomic E-state index is 0.284. The maximum atomic E-state index is 4.25. The summed E-state index contributed by atoms with van der Waals surface area (Å²) < 4.78 is 0. The Morgan fingerprint density at radius 2 is 2.64 bits per heavy atom. The Bertz CT molecular complexity index is 174. The van der Waals surface area contributed by atoms with E-state index in [1.807, 2.05) is 13.0 Å². The molecular formula is C8H15N3. The van der Waals surface area contributed by atoms with Crippen LogP contribution in [0.25, 0.3) is 0 Å². The molecule has 2 unspecified atom stereocenters. The van der Waals surface area contributed by atoms with Crippen molar-refractivity contribution >= 4 is 5.96 Å². The molecule has 0 spiro atoms. The first-order valence-corrected chi connectivity index (χ1v) is 3.92. The van der Waals surface area contributed by atoms with Gasteiger partial charge in [-0.3, -0.25) is 4.99 Å². The number of guanidine groups is 1. The number of hydrogen-bond acceptors (Lipinski definition) is 3. The second-order valence-electron chi connectivity index (χ2n) is 2.90. The molecule has 0 amide bonds. The summed E-state index contributed by atoms with van der Waals surface area (Å²) in [6.07, 6.45) is 1.85. The van der Waals surface area contributed by atoms with Crippen molar-refractivity contribution in [2.45, 2.75) is 25.9 Å². The summed E-state index contributed by atoms with van der Waals surface area (Å²) in [5.41, 5.74) is 0. The van der Waals surface area contributed by atoms with E-state index in [-0.39, 0.29) is 6.04 Å². The van der Waals surface area contributed by atoms with Crippen molar-refractivity contribution in [3.05, 3.63) is 12.7 Å². The fourth-order valence-corrected chi connectivity index (χ4v) is 0.915. The second-order valence-corrected chi connectivity index (χ2v) is 2.90. The summed E-state index contributed by atoms with van der Waals surface area (Å²) in [5, 5.41) is 6.39. The first-order valence-electron chi connectivity index (χ1n) is 3.92. The number of nitrogens with zero attached hydrogens (tertiary/aromatic N) is 1. The minimum absolute atomic E-state index is 0.284. The van der Waals surface area contributed by atoms with E-state index in [0.717, 1.165) is 12.5 Å². The lowest BCUT2D eigenvalue weighted by atomic mass is 10.3. The molecule has 2 N–H and O–H groups in total. The molecule has 0 saturated heterocycles. The molecule has 11 heavy (non-hydrogen) atoms. The largest absolute Gasteiger partial charge is 0.352 e. The molecule has 3 heteroatoms. The average Bonchev–Trinajstić information content (AvgIpc) is 2.35. The van der Waals surface area contributed by atoms with Crippen molar-refractivity contribution in [1.82, 2.24) is 10.6 Å². The van der Waals surface area contributed by atoms with Gasteiger partial charge in [-0.2, -0.15) is 0 Å². The predicted molar refractivity (Wildman–Crippen MR) is 47.7 cm³/mol. The van der Waals surface area contributed by atoms with Crippen molar-refractivity contribution in [3.8, 4) is 0 Å². The monoisotopic (exact) mass is 153 g/mol. The van der Waals surface area contributed by atoms with Crippen molar-refractivity contribution in [3.63, 3.8) is 0 Å². The maximum absolute atomic E-state index is 4.25. The standard InChI is InChI=1S/C8H15N3/c1-4-6(2)10-8-9-5-7(3)11-8/h4,6-7H,1,5H2,2-3H3,(H2,9,10,11). The van der Waals surface area contributed by atoms with Gasteiger partial charge in [0.1, 0.15) is 0 Å². The lowest BCUT2D eigenvalue weighted by Gasteiger charge is -2.11. The van der Waals surface area contributed by atoms with Gasteiger partial charge < -0.3 is 10.6 Å². The quantitative estimate of drug-likeness (QED) is 0.567. The van der Waals surface area contributed by atoms with Gasteiger partial charge in [0.2, 0.25) is 0 Å². The summed E-state index contributed by atoms with van der Waals surface area (Å²) in [5.74, 6) is 0.893. The summed E-state index contributed by atoms with van der Waals surface area (Å²) in [6, 6.07) is 0.751. The summed E-state index contributed by atoms with van der Waals surface area (Å²) >= 11 is 0. The molecule has 1 aliphatic rings. The van der Waals surface area contributed by atoms with E-state index >= 15 is 0 Å². The molecule has 0 saturated carbocycles. The van der Waals surface area contributed by atoms with Crippen molar-refractivity contribution in [1.29, 1.82) is 0 Å². The Kier molecular flexibility index (Phi) is 2.52. The van der Waals surface area contributed by atoms with Gasteiger partial charge in [0, 0.05) is 12.1 Å². The van der Waals surface area contributed by atoms with Gasteiger partial charge in [-0.15, -0.1) is 6.58 Å². The van der Waals surface area contributed by atoms with E-state index in [4.69, 9.17) is 0 Å². The van der Waals surface area contributed by atoms with Crippen LogP contribution in [0.15, 0.2) is 17.6 Å². The molecule has 0 fully saturated rings. The molecule has 0 bridgehead atoms. The van der Waals surface area contributed by atoms with Crippen LogP contribution in [-0.4, -0.2) is 24.6 Å². The van der Waals surface area contributed by atoms with E-state index in [9.17, 15) is 0 Å². The predicted octanol–water partition coefficient (Wildman–Crippen LogP) is 0.498. The van der Waals surface area contributed by atoms with Crippen molar-refractivity contribution < 1.29 is 0 Å². The van der Waals surface area contributed by atoms with Gasteiger partial charge in [0.05, 0.1) is 6.54 Å². The molecule has 0 radical (unpaired) electrons. The summed E-state index contributed by atoms with van der Waals surface area (Å²) in [6.45, 7) is 8.69. The summed E-state index contributed by atoms with van der Waals surface area (Å²) in [7, 11) is 0. The molecule has 0 aromatic carbocycles. The second kappa shape index (κ2) is 3.42. The van der Waals surface area contributed by atoms with Crippen LogP contribution in [0.1, 0.15) is 13.8 Å². The molecule has 0 aromatic heterocycles. The van der Waals surface area contributed by atoms with E-state index in [0.29, 0.717) is 6.04 Å². The van der Waals surface area contributed by atoms with Gasteiger partial charge in [0.25, 0.3) is 0 Å². The van der Waals surface area contributed by atoms with Crippen LogP contribution in [0.5, 0.6) is 0 Å². The molecule has 0 aromatic rings. The molecular weight excluding hydrogens is 138 g/mol. The Hall–Kier alpha value is -0.990. The fourth-order valence-electron chi connectivity index (χ4n) is 0.915. The zero-order valence-electron chi connectivity index (χ0n) is 7.09. The molecule has 1 aliphatic heterocycles. The first-order chi connectivity index (χ1) is 5.22. The highest BCUT2D eigenvalue weighted by Crippen LogP contribution is 1.93. The highest BCUT2D eigenvalue weighted by molar-refractivity contribution is 5.82. The van der Waals surface area contributed by atoms with Gasteiger partial charge in [0.15, 0.2) is 5.96 Å². The Labute approximate surface area is 67.6 Å². The highest BCUT2D eigenvalue weighted by atomic mass is 15.2. The number of nitrogens with one attached hydrogen (secondary N) is 2. The Morgan fingerprint density at radius 1 is 1.91 bits per heavy atom. The fraction of sp³-hybridized carbons (Fsp3) is 0.625. The van der Waals surface area contributed by atoms with E-state index in [1.165, 1.54) is 0 Å². The van der Waals surface area contributed by atoms with Crippen molar-refractivity contribution in [2.75, 3.05) is 6.54 Å². The zero-order chi connectivity index (χ0) is 8.27. The molecule has 1 heterocycles. The molecule has 1 rings (SSSR count). The van der Waals surface area contributed by atoms with Gasteiger partial charge in [-0.1, -0.05) is 6.08 Å². The number of hydrogen-bond donors (Lipinski definition) is 2. The van der Waals surface area contributed by atoms with E-state index in [2.05, 4.69) is 29.1 Å². The minimum Gasteiger partial charge on any atom is -0.352 e. The van der Waals surface area contributed by atoms with E-state index < -0.39 is 0 Å². The third-order valence-corrected chi connectivity index (χ3v) is 1.62. The van der Waals surface area contributed by atoms with Crippen LogP contribution in [0.2, 0.25) is 0 Å². The number of rotatable bonds is 2. The third-order valence-electron chi connectivity index (χ3n) is 1.62. The van der Waals surface area contributed by atoms with Crippen LogP contribution in [-0.2, 0) is 0 Å². The van der Waals surface area contributed by atoms with Crippen LogP contribution in [0, 0.1) is 0 Å². The molecule has 0 aliphatic carbocycles. The molecule has 2 atom stereocenters. The van der Waals surface area contributed by atoms with Crippen LogP contribution in [0.3, 0.4) is 0 Å². The van der Waals surface area contributed by atoms with Crippen molar-refractivity contribution in [2.24, 2.45) is 4.99 Å². The van der Waals surface area contributed by atoms with E-state index in [1.54, 1.807) is 0 Å². The Balaban J connectivity index is 2.33. The van der Waals surface area contributed by atoms with Gasteiger partial charge in [-0.25, -0.2) is 0 Å². The average molecular weight is 153 g/mol. The smallest absolute Gasteiger partial charge is 0.192 e. The lowest BCUT2D eigenvalue weighted by Crippen LogP contribution is -2.41. The normalized spacial score (nSPS) is 25.3. The first kappa shape index (κ1) is 8.11. The number of aliphatic imine (C=N–C) groups is 1. The Morgan fingerprint density at radius 3 is 3.09 bits per heavy atom. The van der Waals surface area contributed by atoms with Crippen LogP contribution >= 0.6 is 0 Å². The SMILES string of the molecule is C=CC(C)NC1=NCC(C)N1. The third kappa shape index (κ3) is 2.26. The zero-order valence-corrected chi connectivity index (χ0v) is 7.09. The van der Waals surface area contributed by atoms with Crippen LogP contribution < -0.4 is 10.6 Å². The molecule has 62 valence electrons. The maximum Gasteiger partial charge on any atom is 0.192 e. The lowest BCUT2D eigenvalue weighted by molar-refractivity contribution is 0.704. The van der Waals surface area contributed by atoms with Crippen LogP contribution in [0.4, 0.5) is 0 Å². The topological polar surface area (TPSA) is 36.4 Å².